The van der Waals surface area contributed by atoms with Gasteiger partial charge >= 0.3 is 19.5 Å². The molecule has 23 heavy (non-hydrogen) atoms. The third-order valence-corrected chi connectivity index (χ3v) is 4.01. The lowest BCUT2D eigenvalue weighted by Crippen LogP contribution is -2.41. The third kappa shape index (κ3) is 3.45. The van der Waals surface area contributed by atoms with Gasteiger partial charge in [-0.2, -0.15) is 0 Å². The Balaban J connectivity index is 2.48. The lowest BCUT2D eigenvalue weighted by Gasteiger charge is -2.32. The van der Waals surface area contributed by atoms with Gasteiger partial charge < -0.3 is 19.2 Å². The highest BCUT2D eigenvalue weighted by molar-refractivity contribution is 6.63. The summed E-state index contributed by atoms with van der Waals surface area (Å²) in [5.74, 6) is -2.37. The van der Waals surface area contributed by atoms with Crippen molar-refractivity contribution in [2.75, 3.05) is 0 Å². The Morgan fingerprint density at radius 1 is 1.17 bits per heavy atom. The van der Waals surface area contributed by atoms with Crippen molar-refractivity contribution >= 4 is 18.6 Å². The van der Waals surface area contributed by atoms with Gasteiger partial charge in [-0.15, -0.1) is 13.2 Å². The van der Waals surface area contributed by atoms with Gasteiger partial charge in [-0.25, -0.2) is 4.79 Å². The maximum Gasteiger partial charge on any atom is 0.573 e. The minimum absolute atomic E-state index is 0.0297. The fourth-order valence-corrected chi connectivity index (χ4v) is 2.15. The average molecular weight is 332 g/mol. The maximum atomic E-state index is 12.5. The van der Waals surface area contributed by atoms with Crippen molar-refractivity contribution in [3.8, 4) is 5.75 Å². The van der Waals surface area contributed by atoms with E-state index in [1.807, 2.05) is 0 Å². The summed E-state index contributed by atoms with van der Waals surface area (Å²) in [7, 11) is -1.11. The third-order valence-electron chi connectivity index (χ3n) is 4.01. The summed E-state index contributed by atoms with van der Waals surface area (Å²) in [4.78, 5) is 11.4. The Morgan fingerprint density at radius 3 is 2.13 bits per heavy atom. The fourth-order valence-electron chi connectivity index (χ4n) is 2.15. The van der Waals surface area contributed by atoms with Gasteiger partial charge in [-0.1, -0.05) is 12.1 Å². The Bertz CT molecular complexity index is 611. The first-order chi connectivity index (χ1) is 10.3. The van der Waals surface area contributed by atoms with Crippen LogP contribution >= 0.6 is 0 Å². The molecule has 0 unspecified atom stereocenters. The summed E-state index contributed by atoms with van der Waals surface area (Å²) >= 11 is 0. The molecule has 0 amide bonds. The number of benzene rings is 1. The molecule has 0 spiro atoms. The van der Waals surface area contributed by atoms with Gasteiger partial charge in [0.25, 0.3) is 0 Å². The lowest BCUT2D eigenvalue weighted by atomic mass is 9.75. The summed E-state index contributed by atoms with van der Waals surface area (Å²) in [6, 6.07) is 3.54. The highest BCUT2D eigenvalue weighted by Crippen LogP contribution is 2.37. The number of aromatic carboxylic acids is 1. The number of rotatable bonds is 3. The van der Waals surface area contributed by atoms with Crippen LogP contribution in [0.5, 0.6) is 5.75 Å². The van der Waals surface area contributed by atoms with E-state index in [4.69, 9.17) is 9.31 Å². The second kappa shape index (κ2) is 5.42. The topological polar surface area (TPSA) is 65.0 Å². The second-order valence-electron chi connectivity index (χ2n) is 6.16. The molecule has 1 aliphatic heterocycles. The Kier molecular flexibility index (Phi) is 4.15. The summed E-state index contributed by atoms with van der Waals surface area (Å²) < 4.78 is 52.6. The van der Waals surface area contributed by atoms with Gasteiger partial charge in [0.1, 0.15) is 11.3 Å². The number of carbonyl (C=O) groups is 1. The van der Waals surface area contributed by atoms with Crippen molar-refractivity contribution in [1.29, 1.82) is 0 Å². The number of hydrogen-bond donors (Lipinski definition) is 1. The zero-order chi connectivity index (χ0) is 17.6. The van der Waals surface area contributed by atoms with E-state index in [1.165, 1.54) is 12.1 Å². The summed E-state index contributed by atoms with van der Waals surface area (Å²) in [5, 5.41) is 9.31. The van der Waals surface area contributed by atoms with Crippen LogP contribution < -0.4 is 10.2 Å². The number of carboxylic acids is 1. The van der Waals surface area contributed by atoms with Crippen LogP contribution in [0.3, 0.4) is 0 Å². The highest BCUT2D eigenvalue weighted by atomic mass is 19.4. The molecule has 1 heterocycles. The monoisotopic (exact) mass is 332 g/mol. The molecule has 126 valence electrons. The number of ether oxygens (including phenoxy) is 1. The van der Waals surface area contributed by atoms with Crippen LogP contribution in [0.15, 0.2) is 18.2 Å². The zero-order valence-electron chi connectivity index (χ0n) is 13.0. The van der Waals surface area contributed by atoms with E-state index >= 15 is 0 Å². The summed E-state index contributed by atoms with van der Waals surface area (Å²) in [6.07, 6.45) is -5.00. The zero-order valence-corrected chi connectivity index (χ0v) is 13.0. The smallest absolute Gasteiger partial charge is 0.478 e. The van der Waals surface area contributed by atoms with E-state index in [0.29, 0.717) is 0 Å². The molecule has 1 N–H and O–H groups in total. The molecule has 5 nitrogen and oxygen atoms in total. The predicted molar refractivity (Wildman–Crippen MR) is 75.8 cm³/mol. The second-order valence-corrected chi connectivity index (χ2v) is 6.16. The molecular formula is C14H16BF3O5. The van der Waals surface area contributed by atoms with Crippen LogP contribution in [-0.4, -0.2) is 35.8 Å². The molecule has 0 atom stereocenters. The predicted octanol–water partition coefficient (Wildman–Crippen LogP) is 2.58. The highest BCUT2D eigenvalue weighted by Gasteiger charge is 2.53. The normalized spacial score (nSPS) is 19.7. The van der Waals surface area contributed by atoms with Gasteiger partial charge in [0.2, 0.25) is 0 Å². The van der Waals surface area contributed by atoms with E-state index in [9.17, 15) is 23.1 Å². The van der Waals surface area contributed by atoms with Crippen LogP contribution in [0, 0.1) is 0 Å². The van der Waals surface area contributed by atoms with Crippen molar-refractivity contribution in [2.24, 2.45) is 0 Å². The first kappa shape index (κ1) is 17.6. The molecule has 9 heteroatoms. The van der Waals surface area contributed by atoms with Crippen LogP contribution in [0.4, 0.5) is 13.2 Å². The molecule has 1 aromatic rings. The Hall–Kier alpha value is -1.74. The standard InChI is InChI=1S/C14H16BF3O5/c1-12(2)13(3,4)23-15(22-12)8-6-5-7-9(10(8)11(19)20)21-14(16,17)18/h5-7H,1-4H3,(H,19,20). The number of hydrogen-bond acceptors (Lipinski definition) is 4. The Labute approximate surface area is 131 Å². The molecule has 0 bridgehead atoms. The largest absolute Gasteiger partial charge is 0.573 e. The Morgan fingerprint density at radius 2 is 1.70 bits per heavy atom. The van der Waals surface area contributed by atoms with Crippen molar-refractivity contribution in [2.45, 2.75) is 45.3 Å². The SMILES string of the molecule is CC1(C)OB(c2cccc(OC(F)(F)F)c2C(=O)O)OC1(C)C. The van der Waals surface area contributed by atoms with Crippen LogP contribution in [0.2, 0.25) is 0 Å². The van der Waals surface area contributed by atoms with Gasteiger partial charge in [0.05, 0.1) is 11.2 Å². The van der Waals surface area contributed by atoms with Crippen molar-refractivity contribution in [1.82, 2.24) is 0 Å². The molecule has 1 aliphatic rings. The van der Waals surface area contributed by atoms with Crippen molar-refractivity contribution in [3.05, 3.63) is 23.8 Å². The summed E-state index contributed by atoms with van der Waals surface area (Å²) in [6.45, 7) is 7.01. The van der Waals surface area contributed by atoms with Gasteiger partial charge in [0.15, 0.2) is 0 Å². The van der Waals surface area contributed by atoms with E-state index < -0.39 is 42.0 Å². The molecular weight excluding hydrogens is 316 g/mol. The molecule has 1 aromatic carbocycles. The quantitative estimate of drug-likeness (QED) is 0.862. The molecule has 1 saturated heterocycles. The average Bonchev–Trinajstić information content (AvgIpc) is 2.55. The number of halogens is 3. The first-order valence-electron chi connectivity index (χ1n) is 6.82. The maximum absolute atomic E-state index is 12.5. The number of carboxylic acid groups (broad SMARTS) is 1. The molecule has 2 rings (SSSR count). The summed E-state index contributed by atoms with van der Waals surface area (Å²) in [5.41, 5.74) is -2.18. The van der Waals surface area contributed by atoms with Gasteiger partial charge in [-0.3, -0.25) is 0 Å². The van der Waals surface area contributed by atoms with Gasteiger partial charge in [-0.05, 0) is 33.8 Å². The fraction of sp³-hybridized carbons (Fsp3) is 0.500. The molecule has 0 radical (unpaired) electrons. The van der Waals surface area contributed by atoms with E-state index in [2.05, 4.69) is 4.74 Å². The van der Waals surface area contributed by atoms with E-state index in [1.54, 1.807) is 27.7 Å². The minimum atomic E-state index is -5.00. The van der Waals surface area contributed by atoms with Gasteiger partial charge in [0, 0.05) is 5.46 Å². The van der Waals surface area contributed by atoms with Crippen molar-refractivity contribution < 1.29 is 37.1 Å². The van der Waals surface area contributed by atoms with E-state index in [0.717, 1.165) is 6.07 Å². The van der Waals surface area contributed by atoms with Crippen molar-refractivity contribution in [3.63, 3.8) is 0 Å². The van der Waals surface area contributed by atoms with Crippen LogP contribution in [0.25, 0.3) is 0 Å². The molecule has 0 aliphatic carbocycles. The van der Waals surface area contributed by atoms with Crippen LogP contribution in [0.1, 0.15) is 38.1 Å². The molecule has 1 fully saturated rings. The number of alkyl halides is 3. The first-order valence-corrected chi connectivity index (χ1v) is 6.82. The molecule has 0 aromatic heterocycles. The molecule has 0 saturated carbocycles. The van der Waals surface area contributed by atoms with E-state index in [-0.39, 0.29) is 5.46 Å². The van der Waals surface area contributed by atoms with Crippen LogP contribution in [-0.2, 0) is 9.31 Å². The lowest BCUT2D eigenvalue weighted by molar-refractivity contribution is -0.274. The minimum Gasteiger partial charge on any atom is -0.478 e.